The van der Waals surface area contributed by atoms with Crippen molar-refractivity contribution in [2.45, 2.75) is 35.9 Å². The third kappa shape index (κ3) is 3.83. The van der Waals surface area contributed by atoms with E-state index in [1.54, 1.807) is 0 Å². The molecular weight excluding hydrogens is 342 g/mol. The van der Waals surface area contributed by atoms with Crippen LogP contribution in [-0.4, -0.2) is 28.8 Å². The van der Waals surface area contributed by atoms with Crippen LogP contribution in [0.1, 0.15) is 29.8 Å². The minimum Gasteiger partial charge on any atom is -0.454 e. The highest BCUT2D eigenvalue weighted by Crippen LogP contribution is 2.38. The molecule has 1 aliphatic heterocycles. The lowest BCUT2D eigenvalue weighted by Crippen LogP contribution is -2.14. The molecule has 1 aliphatic rings. The Balaban J connectivity index is 1.83. The van der Waals surface area contributed by atoms with Crippen molar-refractivity contribution in [3.05, 3.63) is 23.9 Å². The van der Waals surface area contributed by atoms with Gasteiger partial charge in [-0.25, -0.2) is 4.98 Å². The number of nitrogen functional groups attached to an aromatic ring is 1. The Labute approximate surface area is 149 Å². The number of primary amides is 1. The Morgan fingerprint density at radius 3 is 2.80 bits per heavy atom. The molecule has 0 unspecified atom stereocenters. The fourth-order valence-corrected chi connectivity index (χ4v) is 3.51. The van der Waals surface area contributed by atoms with E-state index in [9.17, 15) is 4.79 Å². The van der Waals surface area contributed by atoms with E-state index in [1.807, 2.05) is 22.8 Å². The number of rotatable bonds is 8. The lowest BCUT2D eigenvalue weighted by atomic mass is 10.2. The normalized spacial score (nSPS) is 12.5. The van der Waals surface area contributed by atoms with Crippen LogP contribution in [0.4, 0.5) is 5.82 Å². The number of benzene rings is 1. The van der Waals surface area contributed by atoms with Crippen molar-refractivity contribution in [3.8, 4) is 11.5 Å². The number of hydrogen-bond acceptors (Lipinski definition) is 7. The Bertz CT molecular complexity index is 777. The summed E-state index contributed by atoms with van der Waals surface area (Å²) in [6.07, 6.45) is 2.82. The van der Waals surface area contributed by atoms with Gasteiger partial charge in [-0.15, -0.1) is 0 Å². The van der Waals surface area contributed by atoms with Crippen LogP contribution in [0, 0.1) is 0 Å². The van der Waals surface area contributed by atoms with Crippen molar-refractivity contribution in [3.63, 3.8) is 0 Å². The molecule has 0 spiro atoms. The number of aromatic nitrogens is 2. The van der Waals surface area contributed by atoms with Crippen LogP contribution >= 0.6 is 11.8 Å². The zero-order valence-electron chi connectivity index (χ0n) is 13.7. The van der Waals surface area contributed by atoms with Gasteiger partial charge in [0.25, 0.3) is 5.91 Å². The summed E-state index contributed by atoms with van der Waals surface area (Å²) < 4.78 is 12.5. The molecular formula is C16H21N5O3S. The van der Waals surface area contributed by atoms with Crippen LogP contribution in [0.2, 0.25) is 0 Å². The van der Waals surface area contributed by atoms with Gasteiger partial charge in [-0.2, -0.15) is 0 Å². The largest absolute Gasteiger partial charge is 0.454 e. The molecule has 0 radical (unpaired) electrons. The van der Waals surface area contributed by atoms with Crippen LogP contribution in [0.25, 0.3) is 0 Å². The number of carbonyl (C=O) groups excluding carboxylic acids is 1. The van der Waals surface area contributed by atoms with Crippen molar-refractivity contribution in [2.24, 2.45) is 11.5 Å². The maximum Gasteiger partial charge on any atom is 0.271 e. The average Bonchev–Trinajstić information content (AvgIpc) is 3.17. The molecule has 2 heterocycles. The number of amides is 1. The summed E-state index contributed by atoms with van der Waals surface area (Å²) >= 11 is 1.40. The molecule has 9 heteroatoms. The highest BCUT2D eigenvalue weighted by atomic mass is 32.2. The third-order valence-electron chi connectivity index (χ3n) is 3.84. The number of nitrogens with zero attached hydrogens (tertiary/aromatic N) is 2. The summed E-state index contributed by atoms with van der Waals surface area (Å²) in [7, 11) is 0. The van der Waals surface area contributed by atoms with Gasteiger partial charge in [0.15, 0.2) is 22.3 Å². The molecule has 6 N–H and O–H groups in total. The van der Waals surface area contributed by atoms with Crippen molar-refractivity contribution < 1.29 is 14.3 Å². The maximum atomic E-state index is 11.6. The fourth-order valence-electron chi connectivity index (χ4n) is 2.56. The number of carbonyl (C=O) groups is 1. The Kier molecular flexibility index (Phi) is 5.34. The number of fused-ring (bicyclic) bond motifs is 1. The van der Waals surface area contributed by atoms with Crippen LogP contribution in [0.3, 0.4) is 0 Å². The quantitative estimate of drug-likeness (QED) is 0.607. The monoisotopic (exact) mass is 363 g/mol. The standard InChI is InChI=1S/C16H21N5O3S/c17-6-2-1-3-7-21-14(18)13(15(19)22)20-16(21)25-10-4-5-11-12(8-10)24-9-23-11/h4-5,8H,1-3,6-7,9,17-18H2,(H2,19,22). The van der Waals surface area contributed by atoms with Gasteiger partial charge in [0, 0.05) is 11.4 Å². The van der Waals surface area contributed by atoms with E-state index in [1.165, 1.54) is 11.8 Å². The topological polar surface area (TPSA) is 131 Å². The lowest BCUT2D eigenvalue weighted by Gasteiger charge is -2.09. The molecule has 134 valence electrons. The Morgan fingerprint density at radius 1 is 1.24 bits per heavy atom. The van der Waals surface area contributed by atoms with Gasteiger partial charge in [-0.3, -0.25) is 4.79 Å². The zero-order chi connectivity index (χ0) is 17.8. The summed E-state index contributed by atoms with van der Waals surface area (Å²) in [6, 6.07) is 5.63. The van der Waals surface area contributed by atoms with Gasteiger partial charge >= 0.3 is 0 Å². The summed E-state index contributed by atoms with van der Waals surface area (Å²) in [5, 5.41) is 0.623. The molecule has 0 saturated heterocycles. The second-order valence-electron chi connectivity index (χ2n) is 5.61. The number of hydrogen-bond donors (Lipinski definition) is 3. The van der Waals surface area contributed by atoms with Gasteiger partial charge < -0.3 is 31.2 Å². The van der Waals surface area contributed by atoms with Crippen molar-refractivity contribution >= 4 is 23.5 Å². The molecule has 1 amide bonds. The van der Waals surface area contributed by atoms with Crippen LogP contribution in [0.15, 0.2) is 28.3 Å². The van der Waals surface area contributed by atoms with E-state index in [2.05, 4.69) is 4.98 Å². The molecule has 1 aromatic heterocycles. The number of imidazole rings is 1. The third-order valence-corrected chi connectivity index (χ3v) is 4.83. The SMILES string of the molecule is NCCCCCn1c(Sc2ccc3c(c2)OCO3)nc(C(N)=O)c1N. The highest BCUT2D eigenvalue weighted by Gasteiger charge is 2.20. The molecule has 25 heavy (non-hydrogen) atoms. The van der Waals surface area contributed by atoms with Crippen LogP contribution < -0.4 is 26.7 Å². The second-order valence-corrected chi connectivity index (χ2v) is 6.65. The van der Waals surface area contributed by atoms with Gasteiger partial charge in [0.05, 0.1) is 0 Å². The first-order valence-electron chi connectivity index (χ1n) is 8.03. The first-order valence-corrected chi connectivity index (χ1v) is 8.85. The smallest absolute Gasteiger partial charge is 0.271 e. The molecule has 0 bridgehead atoms. The number of nitrogens with two attached hydrogens (primary N) is 3. The maximum absolute atomic E-state index is 11.6. The van der Waals surface area contributed by atoms with E-state index in [-0.39, 0.29) is 12.5 Å². The Hall–Kier alpha value is -2.39. The van der Waals surface area contributed by atoms with Crippen LogP contribution in [0.5, 0.6) is 11.5 Å². The lowest BCUT2D eigenvalue weighted by molar-refractivity contribution is 0.0996. The zero-order valence-corrected chi connectivity index (χ0v) is 14.6. The van der Waals surface area contributed by atoms with Gasteiger partial charge in [-0.1, -0.05) is 18.2 Å². The van der Waals surface area contributed by atoms with Gasteiger partial charge in [-0.05, 0) is 37.6 Å². The molecule has 3 rings (SSSR count). The summed E-state index contributed by atoms with van der Waals surface area (Å²) in [4.78, 5) is 16.8. The van der Waals surface area contributed by atoms with Crippen molar-refractivity contribution in [1.82, 2.24) is 9.55 Å². The molecule has 2 aromatic rings. The van der Waals surface area contributed by atoms with Crippen molar-refractivity contribution in [1.29, 1.82) is 0 Å². The van der Waals surface area contributed by atoms with Gasteiger partial charge in [0.1, 0.15) is 5.82 Å². The summed E-state index contributed by atoms with van der Waals surface area (Å²) in [5.41, 5.74) is 17.1. The molecule has 0 atom stereocenters. The minimum atomic E-state index is -0.634. The first-order chi connectivity index (χ1) is 12.1. The fraction of sp³-hybridized carbons (Fsp3) is 0.375. The first kappa shape index (κ1) is 17.4. The second kappa shape index (κ2) is 7.66. The predicted molar refractivity (Wildman–Crippen MR) is 94.8 cm³/mol. The van der Waals surface area contributed by atoms with E-state index in [0.29, 0.717) is 35.6 Å². The Morgan fingerprint density at radius 2 is 2.04 bits per heavy atom. The molecule has 1 aromatic carbocycles. The number of anilines is 1. The minimum absolute atomic E-state index is 0.0991. The highest BCUT2D eigenvalue weighted by molar-refractivity contribution is 7.99. The van der Waals surface area contributed by atoms with E-state index >= 15 is 0 Å². The predicted octanol–water partition coefficient (Wildman–Crippen LogP) is 1.57. The summed E-state index contributed by atoms with van der Waals surface area (Å²) in [5.74, 6) is 1.07. The van der Waals surface area contributed by atoms with Crippen LogP contribution in [-0.2, 0) is 6.54 Å². The molecule has 0 aliphatic carbocycles. The molecule has 0 fully saturated rings. The summed E-state index contributed by atoms with van der Waals surface area (Å²) in [6.45, 7) is 1.53. The number of ether oxygens (including phenoxy) is 2. The average molecular weight is 363 g/mol. The van der Waals surface area contributed by atoms with E-state index in [0.717, 1.165) is 24.2 Å². The van der Waals surface area contributed by atoms with Crippen molar-refractivity contribution in [2.75, 3.05) is 19.1 Å². The molecule has 8 nitrogen and oxygen atoms in total. The van der Waals surface area contributed by atoms with E-state index < -0.39 is 5.91 Å². The van der Waals surface area contributed by atoms with E-state index in [4.69, 9.17) is 26.7 Å². The van der Waals surface area contributed by atoms with Gasteiger partial charge in [0.2, 0.25) is 6.79 Å². The molecule has 0 saturated carbocycles. The number of unbranched alkanes of at least 4 members (excludes halogenated alkanes) is 2.